The van der Waals surface area contributed by atoms with E-state index in [4.69, 9.17) is 27.1 Å². The van der Waals surface area contributed by atoms with Gasteiger partial charge in [0.2, 0.25) is 0 Å². The van der Waals surface area contributed by atoms with Crippen molar-refractivity contribution in [1.82, 2.24) is 19.6 Å². The second-order valence-electron chi connectivity index (χ2n) is 8.47. The van der Waals surface area contributed by atoms with Gasteiger partial charge in [-0.3, -0.25) is 4.79 Å². The molecule has 0 fully saturated rings. The molecule has 0 aliphatic carbocycles. The van der Waals surface area contributed by atoms with Crippen LogP contribution >= 0.6 is 11.6 Å². The van der Waals surface area contributed by atoms with Gasteiger partial charge in [0.05, 0.1) is 42.2 Å². The Hall–Kier alpha value is -4.40. The van der Waals surface area contributed by atoms with Gasteiger partial charge in [0, 0.05) is 18.2 Å². The number of nitrogen functional groups attached to an aromatic ring is 1. The fraction of sp³-hybridized carbons (Fsp3) is 0.259. The van der Waals surface area contributed by atoms with Crippen LogP contribution in [0.15, 0.2) is 47.5 Å². The fourth-order valence-corrected chi connectivity index (χ4v) is 4.31. The van der Waals surface area contributed by atoms with Crippen LogP contribution in [0, 0.1) is 17.7 Å². The predicted molar refractivity (Wildman–Crippen MR) is 149 cm³/mol. The summed E-state index contributed by atoms with van der Waals surface area (Å²) in [5.41, 5.74) is 6.84. The van der Waals surface area contributed by atoms with E-state index in [1.165, 1.54) is 30.2 Å². The maximum absolute atomic E-state index is 13.9. The quantitative estimate of drug-likeness (QED) is 0.283. The van der Waals surface area contributed by atoms with Crippen LogP contribution in [0.4, 0.5) is 16.0 Å². The molecule has 10 nitrogen and oxygen atoms in total. The first-order valence-corrected chi connectivity index (χ1v) is 12.5. The van der Waals surface area contributed by atoms with E-state index in [1.807, 2.05) is 6.92 Å². The molecule has 4 aromatic rings. The van der Waals surface area contributed by atoms with Crippen LogP contribution in [0.25, 0.3) is 10.9 Å². The van der Waals surface area contributed by atoms with Crippen LogP contribution in [0.1, 0.15) is 36.8 Å². The van der Waals surface area contributed by atoms with Crippen LogP contribution in [0.2, 0.25) is 5.02 Å². The topological polar surface area (TPSA) is 131 Å². The van der Waals surface area contributed by atoms with E-state index in [0.717, 1.165) is 0 Å². The SMILES string of the molecule is CCN(CCO)n1c(C(C)Nc2ncnc(N)c2C#Cc2cc(F)cc(OC)c2)nc2cccc(Cl)c2c1=O. The van der Waals surface area contributed by atoms with E-state index in [2.05, 4.69) is 27.1 Å². The van der Waals surface area contributed by atoms with Gasteiger partial charge in [-0.05, 0) is 38.1 Å². The summed E-state index contributed by atoms with van der Waals surface area (Å²) >= 11 is 6.36. The second-order valence-corrected chi connectivity index (χ2v) is 8.88. The van der Waals surface area contributed by atoms with Crippen LogP contribution in [-0.2, 0) is 0 Å². The molecule has 39 heavy (non-hydrogen) atoms. The Balaban J connectivity index is 1.80. The molecule has 0 aliphatic heterocycles. The third kappa shape index (κ3) is 5.87. The summed E-state index contributed by atoms with van der Waals surface area (Å²) in [7, 11) is 1.44. The average molecular weight is 552 g/mol. The van der Waals surface area contributed by atoms with Gasteiger partial charge >= 0.3 is 0 Å². The number of hydrogen-bond acceptors (Lipinski definition) is 9. The lowest BCUT2D eigenvalue weighted by Gasteiger charge is -2.29. The van der Waals surface area contributed by atoms with Gasteiger partial charge in [0.1, 0.15) is 35.1 Å². The van der Waals surface area contributed by atoms with Crippen molar-refractivity contribution in [3.63, 3.8) is 0 Å². The van der Waals surface area contributed by atoms with Crippen molar-refractivity contribution < 1.29 is 14.2 Å². The summed E-state index contributed by atoms with van der Waals surface area (Å²) < 4.78 is 20.5. The third-order valence-corrected chi connectivity index (χ3v) is 6.23. The number of hydrogen-bond donors (Lipinski definition) is 3. The Kier molecular flexibility index (Phi) is 8.49. The Morgan fingerprint density at radius 2 is 2.08 bits per heavy atom. The first kappa shape index (κ1) is 27.6. The number of benzene rings is 2. The number of rotatable bonds is 8. The molecule has 2 heterocycles. The molecule has 4 N–H and O–H groups in total. The zero-order chi connectivity index (χ0) is 28.1. The van der Waals surface area contributed by atoms with Crippen LogP contribution < -0.4 is 26.4 Å². The van der Waals surface area contributed by atoms with E-state index < -0.39 is 11.9 Å². The average Bonchev–Trinajstić information content (AvgIpc) is 2.91. The molecule has 2 aromatic heterocycles. The number of methoxy groups -OCH3 is 1. The molecule has 0 saturated carbocycles. The number of fused-ring (bicyclic) bond motifs is 1. The number of aromatic nitrogens is 4. The molecule has 0 bridgehead atoms. The van der Waals surface area contributed by atoms with E-state index in [-0.39, 0.29) is 40.5 Å². The fourth-order valence-electron chi connectivity index (χ4n) is 4.06. The highest BCUT2D eigenvalue weighted by Crippen LogP contribution is 2.25. The largest absolute Gasteiger partial charge is 0.497 e. The van der Waals surface area contributed by atoms with Crippen LogP contribution in [-0.4, -0.2) is 51.5 Å². The molecule has 0 aliphatic rings. The van der Waals surface area contributed by atoms with Gasteiger partial charge in [0.25, 0.3) is 5.56 Å². The van der Waals surface area contributed by atoms with Gasteiger partial charge < -0.3 is 25.9 Å². The van der Waals surface area contributed by atoms with E-state index in [0.29, 0.717) is 35.0 Å². The molecule has 4 rings (SSSR count). The number of aliphatic hydroxyl groups is 1. The Morgan fingerprint density at radius 3 is 2.79 bits per heavy atom. The summed E-state index contributed by atoms with van der Waals surface area (Å²) in [5.74, 6) is 6.39. The number of nitrogens with one attached hydrogen (secondary N) is 1. The summed E-state index contributed by atoms with van der Waals surface area (Å²) in [5, 5.41) is 15.1. The predicted octanol–water partition coefficient (Wildman–Crippen LogP) is 3.09. The summed E-state index contributed by atoms with van der Waals surface area (Å²) in [6.45, 7) is 4.11. The van der Waals surface area contributed by atoms with Crippen molar-refractivity contribution in [3.05, 3.63) is 80.9 Å². The zero-order valence-corrected chi connectivity index (χ0v) is 22.3. The molecule has 1 atom stereocenters. The molecule has 0 radical (unpaired) electrons. The minimum Gasteiger partial charge on any atom is -0.497 e. The highest BCUT2D eigenvalue weighted by molar-refractivity contribution is 6.35. The van der Waals surface area contributed by atoms with Gasteiger partial charge in [-0.1, -0.05) is 29.5 Å². The Morgan fingerprint density at radius 1 is 1.28 bits per heavy atom. The van der Waals surface area contributed by atoms with E-state index in [9.17, 15) is 14.3 Å². The maximum Gasteiger partial charge on any atom is 0.281 e. The van der Waals surface area contributed by atoms with Crippen molar-refractivity contribution in [3.8, 4) is 17.6 Å². The number of likely N-dealkylation sites (N-methyl/N-ethyl adjacent to an activating group) is 1. The highest BCUT2D eigenvalue weighted by atomic mass is 35.5. The molecular formula is C27H27ClFN7O3. The zero-order valence-electron chi connectivity index (χ0n) is 21.6. The number of halogens is 2. The van der Waals surface area contributed by atoms with Crippen molar-refractivity contribution in [2.75, 3.05) is 42.9 Å². The molecule has 12 heteroatoms. The first-order chi connectivity index (χ1) is 18.8. The second kappa shape index (κ2) is 12.0. The van der Waals surface area contributed by atoms with E-state index >= 15 is 0 Å². The lowest BCUT2D eigenvalue weighted by molar-refractivity contribution is 0.289. The molecule has 2 aromatic carbocycles. The van der Waals surface area contributed by atoms with Crippen LogP contribution in [0.3, 0.4) is 0 Å². The van der Waals surface area contributed by atoms with Gasteiger partial charge in [-0.2, -0.15) is 0 Å². The molecule has 202 valence electrons. The summed E-state index contributed by atoms with van der Waals surface area (Å²) in [6.07, 6.45) is 1.28. The van der Waals surface area contributed by atoms with Gasteiger partial charge in [-0.25, -0.2) is 24.0 Å². The lowest BCUT2D eigenvalue weighted by Crippen LogP contribution is -2.47. The molecular weight excluding hydrogens is 525 g/mol. The van der Waals surface area contributed by atoms with Gasteiger partial charge in [-0.15, -0.1) is 0 Å². The monoisotopic (exact) mass is 551 g/mol. The minimum atomic E-state index is -0.585. The molecule has 0 spiro atoms. The molecule has 1 unspecified atom stereocenters. The van der Waals surface area contributed by atoms with Crippen molar-refractivity contribution >= 4 is 34.1 Å². The summed E-state index contributed by atoms with van der Waals surface area (Å²) in [4.78, 5) is 26.7. The number of nitrogens with zero attached hydrogens (tertiary/aromatic N) is 5. The molecule has 0 amide bonds. The minimum absolute atomic E-state index is 0.113. The Labute approximate surface area is 229 Å². The third-order valence-electron chi connectivity index (χ3n) is 5.91. The first-order valence-electron chi connectivity index (χ1n) is 12.1. The number of nitrogens with two attached hydrogens (primary N) is 1. The number of anilines is 2. The Bertz CT molecular complexity index is 1630. The molecule has 0 saturated heterocycles. The lowest BCUT2D eigenvalue weighted by atomic mass is 10.1. The number of aliphatic hydroxyl groups excluding tert-OH is 1. The van der Waals surface area contributed by atoms with Crippen LogP contribution in [0.5, 0.6) is 5.75 Å². The standard InChI is InChI=1S/C27H27ClFN7O3/c1-4-35(10-11-37)36-26(34-22-7-5-6-21(28)23(22)27(36)38)16(2)33-25-20(24(30)31-15-32-25)9-8-17-12-18(29)14-19(13-17)39-3/h5-7,12-16,37H,4,10-11H2,1-3H3,(H3,30,31,32,33). The smallest absolute Gasteiger partial charge is 0.281 e. The summed E-state index contributed by atoms with van der Waals surface area (Å²) in [6, 6.07) is 8.58. The van der Waals surface area contributed by atoms with Crippen molar-refractivity contribution in [2.24, 2.45) is 0 Å². The van der Waals surface area contributed by atoms with Crippen molar-refractivity contribution in [1.29, 1.82) is 0 Å². The highest BCUT2D eigenvalue weighted by Gasteiger charge is 2.22. The van der Waals surface area contributed by atoms with E-state index in [1.54, 1.807) is 36.2 Å². The maximum atomic E-state index is 13.9. The number of ether oxygens (including phenoxy) is 1. The normalized spacial score (nSPS) is 11.5. The van der Waals surface area contributed by atoms with Gasteiger partial charge in [0.15, 0.2) is 5.82 Å². The van der Waals surface area contributed by atoms with Crippen molar-refractivity contribution in [2.45, 2.75) is 19.9 Å².